The molecule has 0 aromatic carbocycles. The average molecular weight is 173 g/mol. The van der Waals surface area contributed by atoms with Crippen LogP contribution >= 0.6 is 0 Å². The molecule has 13 heavy (non-hydrogen) atoms. The predicted molar refractivity (Wildman–Crippen MR) is 47.2 cm³/mol. The Kier molecular flexibility index (Phi) is 2.48. The molecular weight excluding hydrogens is 166 g/mol. The van der Waals surface area contributed by atoms with Gasteiger partial charge in [0, 0.05) is 10.6 Å². The van der Waals surface area contributed by atoms with Crippen LogP contribution in [0.5, 0.6) is 0 Å². The second kappa shape index (κ2) is 3.57. The van der Waals surface area contributed by atoms with E-state index in [9.17, 15) is 0 Å². The molecule has 0 bridgehead atoms. The molecule has 5 nitrogen and oxygen atoms in total. The summed E-state index contributed by atoms with van der Waals surface area (Å²) < 4.78 is 0. The van der Waals surface area contributed by atoms with E-state index < -0.39 is 0 Å². The fourth-order valence-corrected chi connectivity index (χ4v) is 1.07. The van der Waals surface area contributed by atoms with Crippen LogP contribution in [0.15, 0.2) is 11.2 Å². The van der Waals surface area contributed by atoms with Crippen molar-refractivity contribution in [1.29, 1.82) is 5.26 Å². The van der Waals surface area contributed by atoms with E-state index in [4.69, 9.17) is 10.8 Å². The van der Waals surface area contributed by atoms with E-state index in [-0.39, 0.29) is 0 Å². The Morgan fingerprint density at radius 3 is 2.85 bits per heavy atom. The highest BCUT2D eigenvalue weighted by atomic mass is 15.1. The number of hydrogen-bond acceptors (Lipinski definition) is 3. The van der Waals surface area contributed by atoms with Crippen molar-refractivity contribution in [2.24, 2.45) is 5.11 Å². The Morgan fingerprint density at radius 2 is 2.31 bits per heavy atom. The van der Waals surface area contributed by atoms with Crippen molar-refractivity contribution in [1.82, 2.24) is 4.98 Å². The fourth-order valence-electron chi connectivity index (χ4n) is 1.07. The van der Waals surface area contributed by atoms with Crippen LogP contribution in [0.3, 0.4) is 0 Å². The van der Waals surface area contributed by atoms with Crippen LogP contribution < -0.4 is 0 Å². The normalized spacial score (nSPS) is 8.69. The third kappa shape index (κ3) is 1.75. The summed E-state index contributed by atoms with van der Waals surface area (Å²) in [5, 5.41) is 12.2. The zero-order chi connectivity index (χ0) is 9.84. The Hall–Kier alpha value is -2.05. The number of aryl methyl sites for hydroxylation is 2. The number of rotatable bonds is 1. The predicted octanol–water partition coefficient (Wildman–Crippen LogP) is 2.51. The highest BCUT2D eigenvalue weighted by Crippen LogP contribution is 2.21. The van der Waals surface area contributed by atoms with Gasteiger partial charge in [0.2, 0.25) is 0 Å². The summed E-state index contributed by atoms with van der Waals surface area (Å²) in [7, 11) is 0. The van der Waals surface area contributed by atoms with Gasteiger partial charge in [0.25, 0.3) is 0 Å². The summed E-state index contributed by atoms with van der Waals surface area (Å²) in [5.74, 6) is 0. The zero-order valence-corrected chi connectivity index (χ0v) is 7.31. The molecule has 0 aliphatic rings. The number of nitriles is 1. The van der Waals surface area contributed by atoms with Gasteiger partial charge in [-0.15, -0.1) is 0 Å². The van der Waals surface area contributed by atoms with E-state index >= 15 is 0 Å². The molecule has 64 valence electrons. The largest absolute Gasteiger partial charge is 0.257 e. The average Bonchev–Trinajstić information content (AvgIpc) is 2.04. The minimum Gasteiger partial charge on any atom is -0.257 e. The van der Waals surface area contributed by atoms with Crippen molar-refractivity contribution in [2.45, 2.75) is 13.8 Å². The second-order valence-electron chi connectivity index (χ2n) is 2.54. The topological polar surface area (TPSA) is 85.4 Å². The van der Waals surface area contributed by atoms with Crippen molar-refractivity contribution in [3.8, 4) is 6.07 Å². The van der Waals surface area contributed by atoms with Gasteiger partial charge in [-0.05, 0) is 25.4 Å². The molecule has 1 aromatic rings. The highest BCUT2D eigenvalue weighted by molar-refractivity contribution is 5.55. The van der Waals surface area contributed by atoms with Crippen LogP contribution in [0.1, 0.15) is 17.0 Å². The first-order valence-corrected chi connectivity index (χ1v) is 3.62. The standard InChI is InChI=1S/C8H7N5/c1-5-3-8(12-13-10)7(4-9)6(2)11-5/h3H,1-2H3. The van der Waals surface area contributed by atoms with E-state index in [1.807, 2.05) is 6.07 Å². The lowest BCUT2D eigenvalue weighted by Gasteiger charge is -2.01. The first-order chi connectivity index (χ1) is 6.19. The Labute approximate surface area is 75.3 Å². The minimum atomic E-state index is 0.336. The molecule has 0 spiro atoms. The molecule has 0 amide bonds. The van der Waals surface area contributed by atoms with Crippen LogP contribution in [0, 0.1) is 25.2 Å². The molecule has 0 radical (unpaired) electrons. The molecule has 0 atom stereocenters. The van der Waals surface area contributed by atoms with Crippen molar-refractivity contribution in [3.63, 3.8) is 0 Å². The number of nitrogens with zero attached hydrogens (tertiary/aromatic N) is 5. The van der Waals surface area contributed by atoms with Crippen LogP contribution in [-0.2, 0) is 0 Å². The van der Waals surface area contributed by atoms with Crippen LogP contribution in [0.2, 0.25) is 0 Å². The number of aromatic nitrogens is 1. The molecule has 0 aliphatic heterocycles. The maximum absolute atomic E-state index is 8.74. The van der Waals surface area contributed by atoms with E-state index in [0.29, 0.717) is 16.9 Å². The molecule has 0 saturated heterocycles. The Morgan fingerprint density at radius 1 is 1.62 bits per heavy atom. The number of azide groups is 1. The van der Waals surface area contributed by atoms with Crippen LogP contribution in [0.4, 0.5) is 5.69 Å². The van der Waals surface area contributed by atoms with Gasteiger partial charge in [-0.1, -0.05) is 5.11 Å². The van der Waals surface area contributed by atoms with E-state index in [2.05, 4.69) is 15.0 Å². The minimum absolute atomic E-state index is 0.336. The quantitative estimate of drug-likeness (QED) is 0.371. The van der Waals surface area contributed by atoms with E-state index in [1.165, 1.54) is 0 Å². The van der Waals surface area contributed by atoms with Crippen LogP contribution in [-0.4, -0.2) is 4.98 Å². The van der Waals surface area contributed by atoms with Crippen molar-refractivity contribution >= 4 is 5.69 Å². The first-order valence-electron chi connectivity index (χ1n) is 3.62. The van der Waals surface area contributed by atoms with Gasteiger partial charge < -0.3 is 0 Å². The summed E-state index contributed by atoms with van der Waals surface area (Å²) in [6, 6.07) is 3.54. The van der Waals surface area contributed by atoms with Gasteiger partial charge >= 0.3 is 0 Å². The van der Waals surface area contributed by atoms with Crippen molar-refractivity contribution < 1.29 is 0 Å². The molecule has 0 aliphatic carbocycles. The number of hydrogen-bond donors (Lipinski definition) is 0. The summed E-state index contributed by atoms with van der Waals surface area (Å²) in [6.07, 6.45) is 0. The molecule has 0 N–H and O–H groups in total. The number of pyridine rings is 1. The molecule has 1 heterocycles. The molecule has 1 aromatic heterocycles. The smallest absolute Gasteiger partial charge is 0.102 e. The van der Waals surface area contributed by atoms with Crippen molar-refractivity contribution in [3.05, 3.63) is 33.5 Å². The molecule has 1 rings (SSSR count). The van der Waals surface area contributed by atoms with Gasteiger partial charge in [0.05, 0.1) is 16.9 Å². The molecule has 0 fully saturated rings. The third-order valence-corrected chi connectivity index (χ3v) is 1.57. The van der Waals surface area contributed by atoms with Gasteiger partial charge in [0.15, 0.2) is 0 Å². The molecule has 0 saturated carbocycles. The first kappa shape index (κ1) is 9.04. The summed E-state index contributed by atoms with van der Waals surface area (Å²) in [6.45, 7) is 3.49. The SMILES string of the molecule is Cc1cc(N=[N+]=[N-])c(C#N)c(C)n1. The maximum Gasteiger partial charge on any atom is 0.102 e. The third-order valence-electron chi connectivity index (χ3n) is 1.57. The molecule has 0 unspecified atom stereocenters. The van der Waals surface area contributed by atoms with Gasteiger partial charge in [0.1, 0.15) is 6.07 Å². The van der Waals surface area contributed by atoms with E-state index in [0.717, 1.165) is 5.69 Å². The summed E-state index contributed by atoms with van der Waals surface area (Å²) in [5.41, 5.74) is 10.3. The lowest BCUT2D eigenvalue weighted by molar-refractivity contribution is 1.10. The molecule has 5 heteroatoms. The zero-order valence-electron chi connectivity index (χ0n) is 7.31. The van der Waals surface area contributed by atoms with Gasteiger partial charge in [-0.25, -0.2) is 0 Å². The monoisotopic (exact) mass is 173 g/mol. The Bertz CT molecular complexity index is 423. The van der Waals surface area contributed by atoms with Gasteiger partial charge in [-0.3, -0.25) is 4.98 Å². The lowest BCUT2D eigenvalue weighted by Crippen LogP contribution is -1.90. The molecular formula is C8H7N5. The second-order valence-corrected chi connectivity index (χ2v) is 2.54. The fraction of sp³-hybridized carbons (Fsp3) is 0.250. The van der Waals surface area contributed by atoms with Gasteiger partial charge in [-0.2, -0.15) is 5.26 Å². The lowest BCUT2D eigenvalue weighted by atomic mass is 10.1. The van der Waals surface area contributed by atoms with Crippen LogP contribution in [0.25, 0.3) is 10.4 Å². The van der Waals surface area contributed by atoms with E-state index in [1.54, 1.807) is 19.9 Å². The van der Waals surface area contributed by atoms with Crippen molar-refractivity contribution in [2.75, 3.05) is 0 Å². The highest BCUT2D eigenvalue weighted by Gasteiger charge is 2.05. The summed E-state index contributed by atoms with van der Waals surface area (Å²) >= 11 is 0. The summed E-state index contributed by atoms with van der Waals surface area (Å²) in [4.78, 5) is 6.72. The maximum atomic E-state index is 8.74. The Balaban J connectivity index is 3.49.